The predicted molar refractivity (Wildman–Crippen MR) is 63.7 cm³/mol. The standard InChI is InChI=1S/C11H12N2O2S/c1-13-6-3-8-9(2-5-12-11(8)13)16-7-4-10(14)15/h2-3,5-6H,4,7H2,1H3,(H,14,15). The van der Waals surface area contributed by atoms with Crippen LogP contribution in [0.15, 0.2) is 29.4 Å². The number of hydrogen-bond acceptors (Lipinski definition) is 3. The largest absolute Gasteiger partial charge is 0.481 e. The molecule has 0 radical (unpaired) electrons. The summed E-state index contributed by atoms with van der Waals surface area (Å²) in [7, 11) is 1.95. The molecule has 0 unspecified atom stereocenters. The number of thioether (sulfide) groups is 1. The van der Waals surface area contributed by atoms with Crippen molar-refractivity contribution >= 4 is 28.8 Å². The van der Waals surface area contributed by atoms with Gasteiger partial charge in [-0.3, -0.25) is 4.79 Å². The average Bonchev–Trinajstić information content (AvgIpc) is 2.61. The molecular formula is C11H12N2O2S. The molecule has 16 heavy (non-hydrogen) atoms. The lowest BCUT2D eigenvalue weighted by atomic mass is 10.3. The van der Waals surface area contributed by atoms with Crippen molar-refractivity contribution < 1.29 is 9.90 Å². The van der Waals surface area contributed by atoms with E-state index in [-0.39, 0.29) is 6.42 Å². The molecule has 5 heteroatoms. The second-order valence-electron chi connectivity index (χ2n) is 3.47. The lowest BCUT2D eigenvalue weighted by molar-refractivity contribution is -0.136. The number of aliphatic carboxylic acids is 1. The Kier molecular flexibility index (Phi) is 3.14. The van der Waals surface area contributed by atoms with E-state index in [1.807, 2.05) is 29.9 Å². The Labute approximate surface area is 97.3 Å². The number of aryl methyl sites for hydroxylation is 1. The Hall–Kier alpha value is -1.49. The van der Waals surface area contributed by atoms with Gasteiger partial charge in [0.15, 0.2) is 0 Å². The first-order chi connectivity index (χ1) is 7.68. The first-order valence-electron chi connectivity index (χ1n) is 4.93. The first-order valence-corrected chi connectivity index (χ1v) is 5.91. The van der Waals surface area contributed by atoms with Crippen molar-refractivity contribution in [3.63, 3.8) is 0 Å². The zero-order valence-electron chi connectivity index (χ0n) is 8.88. The lowest BCUT2D eigenvalue weighted by Gasteiger charge is -2.02. The molecule has 0 fully saturated rings. The fourth-order valence-electron chi connectivity index (χ4n) is 1.51. The van der Waals surface area contributed by atoms with E-state index in [1.165, 1.54) is 0 Å². The minimum atomic E-state index is -0.758. The molecule has 2 rings (SSSR count). The molecule has 0 aliphatic rings. The Morgan fingerprint density at radius 1 is 1.56 bits per heavy atom. The molecule has 0 saturated carbocycles. The normalized spacial score (nSPS) is 10.8. The van der Waals surface area contributed by atoms with Crippen LogP contribution in [0.2, 0.25) is 0 Å². The summed E-state index contributed by atoms with van der Waals surface area (Å²) in [4.78, 5) is 15.8. The highest BCUT2D eigenvalue weighted by molar-refractivity contribution is 7.99. The molecule has 0 aliphatic carbocycles. The van der Waals surface area contributed by atoms with Crippen molar-refractivity contribution in [2.45, 2.75) is 11.3 Å². The highest BCUT2D eigenvalue weighted by atomic mass is 32.2. The summed E-state index contributed by atoms with van der Waals surface area (Å²) in [5, 5.41) is 9.66. The summed E-state index contributed by atoms with van der Waals surface area (Å²) < 4.78 is 1.95. The summed E-state index contributed by atoms with van der Waals surface area (Å²) in [5.41, 5.74) is 0.931. The molecule has 84 valence electrons. The SMILES string of the molecule is Cn1ccc2c(SCCC(=O)O)ccnc21. The molecule has 2 heterocycles. The van der Waals surface area contributed by atoms with Crippen molar-refractivity contribution in [1.29, 1.82) is 0 Å². The van der Waals surface area contributed by atoms with Crippen LogP contribution < -0.4 is 0 Å². The van der Waals surface area contributed by atoms with Gasteiger partial charge in [0.1, 0.15) is 5.65 Å². The Balaban J connectivity index is 2.20. The van der Waals surface area contributed by atoms with Crippen molar-refractivity contribution in [3.05, 3.63) is 24.5 Å². The van der Waals surface area contributed by atoms with Crippen molar-refractivity contribution in [2.24, 2.45) is 7.05 Å². The van der Waals surface area contributed by atoms with Crippen molar-refractivity contribution in [2.75, 3.05) is 5.75 Å². The second-order valence-corrected chi connectivity index (χ2v) is 4.60. The molecule has 2 aromatic heterocycles. The van der Waals surface area contributed by atoms with Crippen LogP contribution in [0.3, 0.4) is 0 Å². The van der Waals surface area contributed by atoms with E-state index >= 15 is 0 Å². The zero-order valence-corrected chi connectivity index (χ0v) is 9.70. The molecule has 1 N–H and O–H groups in total. The Morgan fingerprint density at radius 2 is 2.38 bits per heavy atom. The smallest absolute Gasteiger partial charge is 0.304 e. The quantitative estimate of drug-likeness (QED) is 0.826. The fourth-order valence-corrected chi connectivity index (χ4v) is 2.48. The Bertz CT molecular complexity index is 522. The minimum Gasteiger partial charge on any atom is -0.481 e. The van der Waals surface area contributed by atoms with Gasteiger partial charge in [-0.15, -0.1) is 11.8 Å². The van der Waals surface area contributed by atoms with Crippen LogP contribution in [0.5, 0.6) is 0 Å². The van der Waals surface area contributed by atoms with E-state index in [0.717, 1.165) is 15.9 Å². The molecule has 0 atom stereocenters. The molecule has 0 bridgehead atoms. The summed E-state index contributed by atoms with van der Waals surface area (Å²) in [6.45, 7) is 0. The summed E-state index contributed by atoms with van der Waals surface area (Å²) in [5.74, 6) is -0.172. The highest BCUT2D eigenvalue weighted by Gasteiger charge is 2.06. The molecule has 0 saturated heterocycles. The van der Waals surface area contributed by atoms with Crippen LogP contribution in [-0.4, -0.2) is 26.4 Å². The van der Waals surface area contributed by atoms with Gasteiger partial charge >= 0.3 is 5.97 Å². The molecule has 0 aromatic carbocycles. The number of carboxylic acids is 1. The first kappa shape index (κ1) is 11.0. The second kappa shape index (κ2) is 4.57. The lowest BCUT2D eigenvalue weighted by Crippen LogP contribution is -1.96. The van der Waals surface area contributed by atoms with Crippen LogP contribution in [0.25, 0.3) is 11.0 Å². The average molecular weight is 236 g/mol. The number of carboxylic acid groups (broad SMARTS) is 1. The van der Waals surface area contributed by atoms with E-state index in [0.29, 0.717) is 5.75 Å². The van der Waals surface area contributed by atoms with Gasteiger partial charge in [0.05, 0.1) is 6.42 Å². The van der Waals surface area contributed by atoms with E-state index < -0.39 is 5.97 Å². The number of rotatable bonds is 4. The zero-order chi connectivity index (χ0) is 11.5. The minimum absolute atomic E-state index is 0.182. The molecule has 0 spiro atoms. The summed E-state index contributed by atoms with van der Waals surface area (Å²) >= 11 is 1.56. The molecule has 4 nitrogen and oxygen atoms in total. The molecular weight excluding hydrogens is 224 g/mol. The maximum Gasteiger partial charge on any atom is 0.304 e. The topological polar surface area (TPSA) is 55.1 Å². The van der Waals surface area contributed by atoms with E-state index in [1.54, 1.807) is 18.0 Å². The van der Waals surface area contributed by atoms with Gasteiger partial charge in [-0.2, -0.15) is 0 Å². The number of pyridine rings is 1. The monoisotopic (exact) mass is 236 g/mol. The third-order valence-corrected chi connectivity index (χ3v) is 3.38. The number of hydrogen-bond donors (Lipinski definition) is 1. The van der Waals surface area contributed by atoms with E-state index in [4.69, 9.17) is 5.11 Å². The maximum absolute atomic E-state index is 10.4. The van der Waals surface area contributed by atoms with Gasteiger partial charge < -0.3 is 9.67 Å². The van der Waals surface area contributed by atoms with Crippen LogP contribution in [0.1, 0.15) is 6.42 Å². The molecule has 2 aromatic rings. The van der Waals surface area contributed by atoms with E-state index in [9.17, 15) is 4.79 Å². The van der Waals surface area contributed by atoms with Crippen LogP contribution in [-0.2, 0) is 11.8 Å². The maximum atomic E-state index is 10.4. The number of fused-ring (bicyclic) bond motifs is 1. The predicted octanol–water partition coefficient (Wildman–Crippen LogP) is 2.14. The third-order valence-electron chi connectivity index (χ3n) is 2.30. The number of nitrogens with zero attached hydrogens (tertiary/aromatic N) is 2. The molecule has 0 amide bonds. The van der Waals surface area contributed by atoms with Crippen LogP contribution in [0, 0.1) is 0 Å². The highest BCUT2D eigenvalue weighted by Crippen LogP contribution is 2.27. The third kappa shape index (κ3) is 2.19. The number of carbonyl (C=O) groups is 1. The summed E-state index contributed by atoms with van der Waals surface area (Å²) in [6, 6.07) is 3.93. The molecule has 0 aliphatic heterocycles. The number of aromatic nitrogens is 2. The van der Waals surface area contributed by atoms with Gasteiger partial charge in [-0.25, -0.2) is 4.98 Å². The van der Waals surface area contributed by atoms with Crippen LogP contribution >= 0.6 is 11.8 Å². The van der Waals surface area contributed by atoms with Gasteiger partial charge in [-0.1, -0.05) is 0 Å². The van der Waals surface area contributed by atoms with Gasteiger partial charge in [-0.05, 0) is 12.1 Å². The fraction of sp³-hybridized carbons (Fsp3) is 0.273. The van der Waals surface area contributed by atoms with Gasteiger partial charge in [0.25, 0.3) is 0 Å². The van der Waals surface area contributed by atoms with E-state index in [2.05, 4.69) is 4.98 Å². The van der Waals surface area contributed by atoms with Crippen molar-refractivity contribution in [3.8, 4) is 0 Å². The Morgan fingerprint density at radius 3 is 3.12 bits per heavy atom. The summed E-state index contributed by atoms with van der Waals surface area (Å²) in [6.07, 6.45) is 3.89. The van der Waals surface area contributed by atoms with Gasteiger partial charge in [0.2, 0.25) is 0 Å². The van der Waals surface area contributed by atoms with Gasteiger partial charge in [0, 0.05) is 35.5 Å². The van der Waals surface area contributed by atoms with Crippen molar-refractivity contribution in [1.82, 2.24) is 9.55 Å². The van der Waals surface area contributed by atoms with Crippen LogP contribution in [0.4, 0.5) is 0 Å².